The standard InChI is InChI=1S/C17H15N3O2S2/c1-11-10-23-17(19-11)20(2)15-9-14(6-7-18-15)24-13-5-3-4-12(8-13)16(21)22/h3-10H,1-2H3,(H,21,22). The third kappa shape index (κ3) is 3.74. The highest BCUT2D eigenvalue weighted by molar-refractivity contribution is 7.99. The maximum Gasteiger partial charge on any atom is 0.335 e. The molecular formula is C17H15N3O2S2. The molecule has 0 saturated heterocycles. The quantitative estimate of drug-likeness (QED) is 0.727. The van der Waals surface area contributed by atoms with E-state index in [1.807, 2.05) is 42.5 Å². The molecule has 0 saturated carbocycles. The lowest BCUT2D eigenvalue weighted by molar-refractivity contribution is 0.0696. The SMILES string of the molecule is Cc1csc(N(C)c2cc(Sc3cccc(C(=O)O)c3)ccn2)n1. The van der Waals surface area contributed by atoms with Crippen molar-refractivity contribution in [3.05, 3.63) is 59.2 Å². The first kappa shape index (κ1) is 16.5. The Balaban J connectivity index is 1.83. The highest BCUT2D eigenvalue weighted by Gasteiger charge is 2.10. The Morgan fingerprint density at radius 3 is 2.75 bits per heavy atom. The number of aromatic nitrogens is 2. The van der Waals surface area contributed by atoms with Gasteiger partial charge in [-0.2, -0.15) is 0 Å². The monoisotopic (exact) mass is 357 g/mol. The van der Waals surface area contributed by atoms with Gasteiger partial charge in [0.15, 0.2) is 5.13 Å². The molecule has 0 aliphatic heterocycles. The number of carboxylic acids is 1. The highest BCUT2D eigenvalue weighted by Crippen LogP contribution is 2.32. The highest BCUT2D eigenvalue weighted by atomic mass is 32.2. The van der Waals surface area contributed by atoms with Gasteiger partial charge in [-0.15, -0.1) is 11.3 Å². The van der Waals surface area contributed by atoms with Crippen LogP contribution in [-0.4, -0.2) is 28.1 Å². The summed E-state index contributed by atoms with van der Waals surface area (Å²) in [4.78, 5) is 23.7. The number of nitrogens with zero attached hydrogens (tertiary/aromatic N) is 3. The lowest BCUT2D eigenvalue weighted by atomic mass is 10.2. The van der Waals surface area contributed by atoms with Crippen LogP contribution in [0.4, 0.5) is 10.9 Å². The molecule has 0 bridgehead atoms. The van der Waals surface area contributed by atoms with Crippen LogP contribution in [-0.2, 0) is 0 Å². The molecule has 0 radical (unpaired) electrons. The fourth-order valence-electron chi connectivity index (χ4n) is 2.07. The Bertz CT molecular complexity index is 880. The molecule has 2 heterocycles. The normalized spacial score (nSPS) is 10.6. The second kappa shape index (κ2) is 7.02. The van der Waals surface area contributed by atoms with E-state index in [1.165, 1.54) is 11.8 Å². The van der Waals surface area contributed by atoms with Crippen LogP contribution < -0.4 is 4.90 Å². The van der Waals surface area contributed by atoms with Gasteiger partial charge < -0.3 is 10.0 Å². The summed E-state index contributed by atoms with van der Waals surface area (Å²) >= 11 is 3.07. The molecule has 1 N–H and O–H groups in total. The molecule has 0 fully saturated rings. The Morgan fingerprint density at radius 2 is 2.04 bits per heavy atom. The molecule has 0 spiro atoms. The maximum atomic E-state index is 11.1. The number of hydrogen-bond acceptors (Lipinski definition) is 6. The first-order chi connectivity index (χ1) is 11.5. The number of benzene rings is 1. The van der Waals surface area contributed by atoms with E-state index in [0.717, 1.165) is 26.4 Å². The average molecular weight is 357 g/mol. The fraction of sp³-hybridized carbons (Fsp3) is 0.118. The van der Waals surface area contributed by atoms with Crippen molar-refractivity contribution in [1.29, 1.82) is 0 Å². The van der Waals surface area contributed by atoms with Crippen molar-refractivity contribution in [3.63, 3.8) is 0 Å². The van der Waals surface area contributed by atoms with Crippen molar-refractivity contribution in [2.24, 2.45) is 0 Å². The second-order valence-corrected chi connectivity index (χ2v) is 7.10. The van der Waals surface area contributed by atoms with E-state index < -0.39 is 5.97 Å². The van der Waals surface area contributed by atoms with E-state index in [9.17, 15) is 4.79 Å². The van der Waals surface area contributed by atoms with Crippen LogP contribution in [0.2, 0.25) is 0 Å². The molecular weight excluding hydrogens is 342 g/mol. The molecule has 2 aromatic heterocycles. The number of thiazole rings is 1. The van der Waals surface area contributed by atoms with E-state index in [1.54, 1.807) is 35.7 Å². The van der Waals surface area contributed by atoms with E-state index in [0.29, 0.717) is 0 Å². The molecule has 0 aliphatic rings. The summed E-state index contributed by atoms with van der Waals surface area (Å²) in [6, 6.07) is 10.8. The van der Waals surface area contributed by atoms with Crippen molar-refractivity contribution in [1.82, 2.24) is 9.97 Å². The predicted octanol–water partition coefficient (Wildman–Crippen LogP) is 4.46. The number of aromatic carboxylic acids is 1. The smallest absolute Gasteiger partial charge is 0.335 e. The molecule has 3 rings (SSSR count). The van der Waals surface area contributed by atoms with Crippen LogP contribution in [0, 0.1) is 6.92 Å². The van der Waals surface area contributed by atoms with E-state index in [2.05, 4.69) is 9.97 Å². The molecule has 0 unspecified atom stereocenters. The summed E-state index contributed by atoms with van der Waals surface area (Å²) in [5.41, 5.74) is 1.27. The lowest BCUT2D eigenvalue weighted by Gasteiger charge is -2.15. The lowest BCUT2D eigenvalue weighted by Crippen LogP contribution is -2.10. The summed E-state index contributed by atoms with van der Waals surface area (Å²) in [6.07, 6.45) is 1.75. The number of anilines is 2. The van der Waals surface area contributed by atoms with Gasteiger partial charge in [0.1, 0.15) is 5.82 Å². The molecule has 7 heteroatoms. The topological polar surface area (TPSA) is 66.3 Å². The predicted molar refractivity (Wildman–Crippen MR) is 96.7 cm³/mol. The van der Waals surface area contributed by atoms with Gasteiger partial charge in [-0.1, -0.05) is 17.8 Å². The number of carboxylic acid groups (broad SMARTS) is 1. The first-order valence-electron chi connectivity index (χ1n) is 7.16. The first-order valence-corrected chi connectivity index (χ1v) is 8.85. The van der Waals surface area contributed by atoms with Crippen LogP contribution in [0.3, 0.4) is 0 Å². The molecule has 122 valence electrons. The van der Waals surface area contributed by atoms with Crippen LogP contribution in [0.1, 0.15) is 16.1 Å². The van der Waals surface area contributed by atoms with Crippen molar-refractivity contribution in [3.8, 4) is 0 Å². The van der Waals surface area contributed by atoms with Crippen molar-refractivity contribution in [2.75, 3.05) is 11.9 Å². The van der Waals surface area contributed by atoms with E-state index >= 15 is 0 Å². The Labute approximate surface area is 148 Å². The minimum Gasteiger partial charge on any atom is -0.478 e. The number of hydrogen-bond donors (Lipinski definition) is 1. The van der Waals surface area contributed by atoms with Gasteiger partial charge in [0.05, 0.1) is 11.3 Å². The van der Waals surface area contributed by atoms with E-state index in [4.69, 9.17) is 5.11 Å². The number of pyridine rings is 1. The summed E-state index contributed by atoms with van der Waals surface area (Å²) in [7, 11) is 1.93. The van der Waals surface area contributed by atoms with Gasteiger partial charge in [0.2, 0.25) is 0 Å². The summed E-state index contributed by atoms with van der Waals surface area (Å²) in [5, 5.41) is 12.0. The Kier molecular flexibility index (Phi) is 4.82. The van der Waals surface area contributed by atoms with Gasteiger partial charge in [-0.25, -0.2) is 14.8 Å². The minimum atomic E-state index is -0.924. The van der Waals surface area contributed by atoms with Crippen LogP contribution in [0.25, 0.3) is 0 Å². The summed E-state index contributed by atoms with van der Waals surface area (Å²) in [5.74, 6) is -0.129. The zero-order valence-corrected chi connectivity index (χ0v) is 14.8. The van der Waals surface area contributed by atoms with Crippen molar-refractivity contribution < 1.29 is 9.90 Å². The summed E-state index contributed by atoms with van der Waals surface area (Å²) < 4.78 is 0. The zero-order chi connectivity index (χ0) is 17.1. The Hall–Kier alpha value is -2.38. The molecule has 0 amide bonds. The van der Waals surface area contributed by atoms with Gasteiger partial charge in [-0.05, 0) is 37.3 Å². The van der Waals surface area contributed by atoms with Gasteiger partial charge in [-0.3, -0.25) is 0 Å². The second-order valence-electron chi connectivity index (χ2n) is 5.12. The molecule has 0 atom stereocenters. The third-order valence-corrected chi connectivity index (χ3v) is 5.29. The largest absolute Gasteiger partial charge is 0.478 e. The maximum absolute atomic E-state index is 11.1. The minimum absolute atomic E-state index is 0.282. The van der Waals surface area contributed by atoms with Crippen LogP contribution >= 0.6 is 23.1 Å². The molecule has 3 aromatic rings. The fourth-order valence-corrected chi connectivity index (χ4v) is 3.74. The number of rotatable bonds is 5. The Morgan fingerprint density at radius 1 is 1.25 bits per heavy atom. The average Bonchev–Trinajstić information content (AvgIpc) is 3.01. The third-order valence-electron chi connectivity index (χ3n) is 3.27. The summed E-state index contributed by atoms with van der Waals surface area (Å²) in [6.45, 7) is 1.96. The van der Waals surface area contributed by atoms with E-state index in [-0.39, 0.29) is 5.56 Å². The molecule has 5 nitrogen and oxygen atoms in total. The van der Waals surface area contributed by atoms with Crippen LogP contribution in [0.5, 0.6) is 0 Å². The zero-order valence-electron chi connectivity index (χ0n) is 13.1. The number of aryl methyl sites for hydroxylation is 1. The van der Waals surface area contributed by atoms with Crippen molar-refractivity contribution in [2.45, 2.75) is 16.7 Å². The number of carbonyl (C=O) groups is 1. The van der Waals surface area contributed by atoms with Gasteiger partial charge >= 0.3 is 5.97 Å². The van der Waals surface area contributed by atoms with Crippen molar-refractivity contribution >= 4 is 40.0 Å². The van der Waals surface area contributed by atoms with Crippen LogP contribution in [0.15, 0.2) is 57.8 Å². The molecule has 24 heavy (non-hydrogen) atoms. The molecule has 1 aromatic carbocycles. The van der Waals surface area contributed by atoms with Gasteiger partial charge in [0.25, 0.3) is 0 Å². The van der Waals surface area contributed by atoms with Gasteiger partial charge in [0, 0.05) is 28.4 Å². The molecule has 0 aliphatic carbocycles.